The van der Waals surface area contributed by atoms with Crippen molar-refractivity contribution in [3.63, 3.8) is 0 Å². The smallest absolute Gasteiger partial charge is 0.267 e. The van der Waals surface area contributed by atoms with Crippen molar-refractivity contribution in [2.45, 2.75) is 19.3 Å². The summed E-state index contributed by atoms with van der Waals surface area (Å²) in [5, 5.41) is 13.3. The standard InChI is InChI=1S/C27H26FN3O.C6H5F/c1-27(2,25(32)29-22-17-15-21(28)16-18-22)26-30(3)23(19-11-7-5-8-12-19)24(31(26)4)20-13-9-6-10-14-20;7-6-4-2-1-3-5-6/h5-18H,1-4H3;1-5H. The summed E-state index contributed by atoms with van der Waals surface area (Å²) in [7, 11) is 3.97. The minimum Gasteiger partial charge on any atom is -0.861 e. The molecule has 0 aliphatic heterocycles. The minimum absolute atomic E-state index is 0.178. The maximum Gasteiger partial charge on any atom is 0.267 e. The second-order valence-electron chi connectivity index (χ2n) is 9.68. The zero-order chi connectivity index (χ0) is 28.0. The minimum atomic E-state index is -0.922. The van der Waals surface area contributed by atoms with Gasteiger partial charge in [-0.2, -0.15) is 0 Å². The molecule has 0 N–H and O–H groups in total. The molecule has 4 nitrogen and oxygen atoms in total. The highest BCUT2D eigenvalue weighted by Crippen LogP contribution is 2.34. The first kappa shape index (κ1) is 27.5. The van der Waals surface area contributed by atoms with Crippen LogP contribution in [0.4, 0.5) is 14.5 Å². The lowest BCUT2D eigenvalue weighted by molar-refractivity contribution is -0.670. The van der Waals surface area contributed by atoms with Gasteiger partial charge in [-0.15, -0.1) is 0 Å². The van der Waals surface area contributed by atoms with Gasteiger partial charge in [-0.3, -0.25) is 4.99 Å². The molecule has 0 spiro atoms. The van der Waals surface area contributed by atoms with Crippen molar-refractivity contribution in [2.24, 2.45) is 19.1 Å². The lowest BCUT2D eigenvalue weighted by Gasteiger charge is -2.28. The van der Waals surface area contributed by atoms with E-state index in [1.807, 2.05) is 64.3 Å². The molecular formula is C33H31F2N3O. The Morgan fingerprint density at radius 2 is 1.18 bits per heavy atom. The highest BCUT2D eigenvalue weighted by Gasteiger charge is 2.39. The Hall–Kier alpha value is -4.58. The van der Waals surface area contributed by atoms with Gasteiger partial charge in [0.1, 0.15) is 11.6 Å². The van der Waals surface area contributed by atoms with Crippen molar-refractivity contribution in [1.82, 2.24) is 4.57 Å². The lowest BCUT2D eigenvalue weighted by atomic mass is 9.91. The number of rotatable bonds is 5. The number of benzene rings is 4. The topological polar surface area (TPSA) is 44.2 Å². The van der Waals surface area contributed by atoms with E-state index in [1.165, 1.54) is 36.4 Å². The second kappa shape index (κ2) is 11.9. The van der Waals surface area contributed by atoms with Crippen LogP contribution in [-0.2, 0) is 19.5 Å². The largest absolute Gasteiger partial charge is 0.861 e. The number of halogens is 2. The third-order valence-corrected chi connectivity index (χ3v) is 6.51. The van der Waals surface area contributed by atoms with Crippen LogP contribution in [0.25, 0.3) is 22.5 Å². The fourth-order valence-electron chi connectivity index (χ4n) is 4.73. The summed E-state index contributed by atoms with van der Waals surface area (Å²) < 4.78 is 29.3. The van der Waals surface area contributed by atoms with Gasteiger partial charge in [0.2, 0.25) is 0 Å². The molecule has 0 aliphatic rings. The zero-order valence-electron chi connectivity index (χ0n) is 22.5. The molecule has 0 atom stereocenters. The average Bonchev–Trinajstić information content (AvgIpc) is 3.21. The van der Waals surface area contributed by atoms with Gasteiger partial charge in [0, 0.05) is 11.1 Å². The SMILES string of the molecule is Cn1c(-c2ccccc2)c(-c2ccccc2)[n+](C)c1C(C)(C)C([O-])=Nc1ccc(F)cc1.Fc1ccccc1. The monoisotopic (exact) mass is 523 g/mol. The van der Waals surface area contributed by atoms with Crippen LogP contribution in [0.15, 0.2) is 120 Å². The second-order valence-corrected chi connectivity index (χ2v) is 9.68. The Balaban J connectivity index is 0.000000438. The van der Waals surface area contributed by atoms with E-state index in [0.717, 1.165) is 28.3 Å². The number of hydrogen-bond acceptors (Lipinski definition) is 2. The first-order chi connectivity index (χ1) is 18.7. The van der Waals surface area contributed by atoms with E-state index in [2.05, 4.69) is 38.4 Å². The Morgan fingerprint density at radius 1 is 0.718 bits per heavy atom. The van der Waals surface area contributed by atoms with Gasteiger partial charge in [-0.1, -0.05) is 78.9 Å². The first-order valence-corrected chi connectivity index (χ1v) is 12.6. The van der Waals surface area contributed by atoms with E-state index < -0.39 is 5.41 Å². The van der Waals surface area contributed by atoms with Crippen LogP contribution in [0, 0.1) is 11.6 Å². The number of aliphatic imine (C=N–C) groups is 1. The lowest BCUT2D eigenvalue weighted by Crippen LogP contribution is -2.49. The molecular weight excluding hydrogens is 492 g/mol. The van der Waals surface area contributed by atoms with Crippen molar-refractivity contribution in [3.8, 4) is 22.5 Å². The van der Waals surface area contributed by atoms with Gasteiger partial charge in [-0.25, -0.2) is 17.9 Å². The molecule has 1 heterocycles. The van der Waals surface area contributed by atoms with Crippen molar-refractivity contribution in [1.29, 1.82) is 0 Å². The summed E-state index contributed by atoms with van der Waals surface area (Å²) in [4.78, 5) is 4.28. The van der Waals surface area contributed by atoms with Crippen molar-refractivity contribution in [3.05, 3.63) is 133 Å². The maximum absolute atomic E-state index is 13.3. The molecule has 198 valence electrons. The van der Waals surface area contributed by atoms with E-state index in [4.69, 9.17) is 0 Å². The van der Waals surface area contributed by atoms with Crippen LogP contribution in [0.2, 0.25) is 0 Å². The number of imidazole rings is 1. The predicted octanol–water partition coefficient (Wildman–Crippen LogP) is 6.52. The third kappa shape index (κ3) is 6.12. The first-order valence-electron chi connectivity index (χ1n) is 12.6. The molecule has 5 rings (SSSR count). The fraction of sp³-hybridized carbons (Fsp3) is 0.152. The van der Waals surface area contributed by atoms with Crippen LogP contribution in [0.3, 0.4) is 0 Å². The summed E-state index contributed by atoms with van der Waals surface area (Å²) >= 11 is 0. The molecule has 1 aromatic heterocycles. The Kier molecular flexibility index (Phi) is 8.35. The van der Waals surface area contributed by atoms with Gasteiger partial charge >= 0.3 is 0 Å². The predicted molar refractivity (Wildman–Crippen MR) is 150 cm³/mol. The van der Waals surface area contributed by atoms with Crippen molar-refractivity contribution in [2.75, 3.05) is 0 Å². The molecule has 0 saturated heterocycles. The van der Waals surface area contributed by atoms with Crippen LogP contribution < -0.4 is 9.67 Å². The quantitative estimate of drug-likeness (QED) is 0.147. The van der Waals surface area contributed by atoms with Crippen LogP contribution in [0.5, 0.6) is 0 Å². The fourth-order valence-corrected chi connectivity index (χ4v) is 4.73. The Morgan fingerprint density at radius 3 is 1.67 bits per heavy atom. The molecule has 0 amide bonds. The van der Waals surface area contributed by atoms with Gasteiger partial charge < -0.3 is 5.11 Å². The summed E-state index contributed by atoms with van der Waals surface area (Å²) in [6.45, 7) is 3.75. The Bertz CT molecular complexity index is 1480. The molecule has 39 heavy (non-hydrogen) atoms. The summed E-state index contributed by atoms with van der Waals surface area (Å²) in [5.41, 5.74) is 3.69. The van der Waals surface area contributed by atoms with E-state index in [9.17, 15) is 13.9 Å². The molecule has 6 heteroatoms. The van der Waals surface area contributed by atoms with E-state index in [0.29, 0.717) is 5.69 Å². The van der Waals surface area contributed by atoms with E-state index in [-0.39, 0.29) is 17.5 Å². The van der Waals surface area contributed by atoms with Crippen LogP contribution >= 0.6 is 0 Å². The number of hydrogen-bond donors (Lipinski definition) is 0. The van der Waals surface area contributed by atoms with Gasteiger partial charge in [0.25, 0.3) is 5.82 Å². The highest BCUT2D eigenvalue weighted by molar-refractivity contribution is 5.86. The molecule has 5 aromatic rings. The van der Waals surface area contributed by atoms with E-state index >= 15 is 0 Å². The molecule has 0 radical (unpaired) electrons. The van der Waals surface area contributed by atoms with Gasteiger partial charge in [0.15, 0.2) is 11.4 Å². The highest BCUT2D eigenvalue weighted by atomic mass is 19.1. The summed E-state index contributed by atoms with van der Waals surface area (Å²) in [6, 6.07) is 33.9. The Labute approximate surface area is 228 Å². The van der Waals surface area contributed by atoms with Gasteiger partial charge in [-0.05, 0) is 56.1 Å². The molecule has 0 aliphatic carbocycles. The van der Waals surface area contributed by atoms with Crippen molar-refractivity contribution < 1.29 is 18.5 Å². The molecule has 0 bridgehead atoms. The normalized spacial score (nSPS) is 11.6. The number of aromatic nitrogens is 2. The zero-order valence-corrected chi connectivity index (χ0v) is 22.5. The summed E-state index contributed by atoms with van der Waals surface area (Å²) in [5.74, 6) is -0.00222. The maximum atomic E-state index is 13.3. The van der Waals surface area contributed by atoms with Gasteiger partial charge in [0.05, 0.1) is 25.2 Å². The summed E-state index contributed by atoms with van der Waals surface area (Å²) in [6.07, 6.45) is 0. The molecule has 0 saturated carbocycles. The molecule has 0 unspecified atom stereocenters. The van der Waals surface area contributed by atoms with E-state index in [1.54, 1.807) is 18.2 Å². The van der Waals surface area contributed by atoms with Crippen LogP contribution in [0.1, 0.15) is 19.7 Å². The third-order valence-electron chi connectivity index (χ3n) is 6.51. The number of nitrogens with zero attached hydrogens (tertiary/aromatic N) is 3. The van der Waals surface area contributed by atoms with Crippen molar-refractivity contribution >= 4 is 11.6 Å². The average molecular weight is 524 g/mol. The molecule has 0 fully saturated rings. The van der Waals surface area contributed by atoms with Crippen LogP contribution in [-0.4, -0.2) is 10.5 Å². The molecule has 4 aromatic carbocycles.